The number of benzene rings is 1. The van der Waals surface area contributed by atoms with Gasteiger partial charge in [0.05, 0.1) is 11.2 Å². The number of oxazole rings is 1. The van der Waals surface area contributed by atoms with Crippen molar-refractivity contribution in [3.05, 3.63) is 39.8 Å². The molecule has 0 saturated heterocycles. The Hall–Kier alpha value is -1.92. The molecule has 1 aromatic carbocycles. The van der Waals surface area contributed by atoms with Gasteiger partial charge >= 0.3 is 5.76 Å². The zero-order valence-electron chi connectivity index (χ0n) is 9.71. The van der Waals surface area contributed by atoms with Gasteiger partial charge in [-0.2, -0.15) is 0 Å². The van der Waals surface area contributed by atoms with Crippen molar-refractivity contribution < 1.29 is 4.42 Å². The van der Waals surface area contributed by atoms with E-state index >= 15 is 0 Å². The molecule has 5 nitrogen and oxygen atoms in total. The summed E-state index contributed by atoms with van der Waals surface area (Å²) >= 11 is 1.53. The van der Waals surface area contributed by atoms with E-state index in [0.717, 1.165) is 21.8 Å². The predicted molar refractivity (Wildman–Crippen MR) is 70.5 cm³/mol. The fraction of sp³-hybridized carbons (Fsp3) is 0.167. The quantitative estimate of drug-likeness (QED) is 0.762. The number of hydrogen-bond donors (Lipinski definition) is 1. The molecule has 0 bridgehead atoms. The third-order valence-corrected chi connectivity index (χ3v) is 3.74. The van der Waals surface area contributed by atoms with Crippen molar-refractivity contribution in [2.75, 3.05) is 0 Å². The molecular formula is C12H11N3O2S. The number of nitrogens with two attached hydrogens (primary N) is 1. The molecule has 2 heterocycles. The van der Waals surface area contributed by atoms with Crippen molar-refractivity contribution in [2.45, 2.75) is 6.54 Å². The molecule has 0 spiro atoms. The highest BCUT2D eigenvalue weighted by molar-refractivity contribution is 7.13. The Bertz CT molecular complexity index is 769. The maximum absolute atomic E-state index is 11.4. The normalized spacial score (nSPS) is 11.2. The third-order valence-electron chi connectivity index (χ3n) is 2.80. The lowest BCUT2D eigenvalue weighted by molar-refractivity contribution is 0.528. The summed E-state index contributed by atoms with van der Waals surface area (Å²) in [6.07, 6.45) is 0. The summed E-state index contributed by atoms with van der Waals surface area (Å²) in [5.41, 5.74) is 8.68. The summed E-state index contributed by atoms with van der Waals surface area (Å²) < 4.78 is 6.63. The molecule has 0 fully saturated rings. The molecule has 0 aliphatic heterocycles. The van der Waals surface area contributed by atoms with Crippen LogP contribution >= 0.6 is 11.3 Å². The van der Waals surface area contributed by atoms with Gasteiger partial charge in [0, 0.05) is 24.5 Å². The molecule has 92 valence electrons. The van der Waals surface area contributed by atoms with E-state index in [4.69, 9.17) is 10.2 Å². The van der Waals surface area contributed by atoms with Crippen LogP contribution in [-0.4, -0.2) is 9.55 Å². The van der Waals surface area contributed by atoms with Crippen LogP contribution in [0.4, 0.5) is 0 Å². The summed E-state index contributed by atoms with van der Waals surface area (Å²) in [5.74, 6) is -0.357. The molecule has 0 saturated carbocycles. The second-order valence-electron chi connectivity index (χ2n) is 3.96. The molecule has 0 aliphatic carbocycles. The molecule has 3 aromatic rings. The lowest BCUT2D eigenvalue weighted by atomic mass is 10.2. The Morgan fingerprint density at radius 3 is 3.06 bits per heavy atom. The van der Waals surface area contributed by atoms with Gasteiger partial charge in [-0.05, 0) is 18.2 Å². The van der Waals surface area contributed by atoms with E-state index in [1.165, 1.54) is 15.9 Å². The zero-order chi connectivity index (χ0) is 12.7. The van der Waals surface area contributed by atoms with Gasteiger partial charge in [-0.3, -0.25) is 4.57 Å². The van der Waals surface area contributed by atoms with Crippen LogP contribution in [-0.2, 0) is 13.6 Å². The van der Waals surface area contributed by atoms with Crippen LogP contribution in [0.15, 0.2) is 32.8 Å². The van der Waals surface area contributed by atoms with Crippen LogP contribution in [0.5, 0.6) is 0 Å². The summed E-state index contributed by atoms with van der Waals surface area (Å²) in [7, 11) is 1.68. The van der Waals surface area contributed by atoms with Crippen LogP contribution in [0.2, 0.25) is 0 Å². The predicted octanol–water partition coefficient (Wildman–Crippen LogP) is 1.71. The second-order valence-corrected chi connectivity index (χ2v) is 4.82. The minimum atomic E-state index is -0.357. The van der Waals surface area contributed by atoms with E-state index in [-0.39, 0.29) is 5.76 Å². The first kappa shape index (κ1) is 11.2. The fourth-order valence-corrected chi connectivity index (χ4v) is 2.63. The van der Waals surface area contributed by atoms with Crippen LogP contribution in [0.1, 0.15) is 5.69 Å². The minimum absolute atomic E-state index is 0.357. The summed E-state index contributed by atoms with van der Waals surface area (Å²) in [4.78, 5) is 15.8. The van der Waals surface area contributed by atoms with Crippen molar-refractivity contribution in [1.29, 1.82) is 0 Å². The van der Waals surface area contributed by atoms with Crippen LogP contribution in [0.25, 0.3) is 21.7 Å². The molecule has 0 unspecified atom stereocenters. The molecule has 0 amide bonds. The molecular weight excluding hydrogens is 250 g/mol. The van der Waals surface area contributed by atoms with Crippen LogP contribution < -0.4 is 11.5 Å². The SMILES string of the molecule is Cn1c(=O)oc2cc(-c3nc(CN)cs3)ccc21. The van der Waals surface area contributed by atoms with E-state index in [0.29, 0.717) is 12.1 Å². The lowest BCUT2D eigenvalue weighted by Crippen LogP contribution is -2.08. The Morgan fingerprint density at radius 2 is 2.33 bits per heavy atom. The Balaban J connectivity index is 2.16. The smallest absolute Gasteiger partial charge is 0.408 e. The number of aryl methyl sites for hydroxylation is 1. The van der Waals surface area contributed by atoms with E-state index in [1.807, 2.05) is 23.6 Å². The monoisotopic (exact) mass is 261 g/mol. The van der Waals surface area contributed by atoms with Gasteiger partial charge in [0.15, 0.2) is 5.58 Å². The minimum Gasteiger partial charge on any atom is -0.408 e. The van der Waals surface area contributed by atoms with Crippen molar-refractivity contribution in [1.82, 2.24) is 9.55 Å². The number of hydrogen-bond acceptors (Lipinski definition) is 5. The van der Waals surface area contributed by atoms with E-state index in [1.54, 1.807) is 7.05 Å². The molecule has 3 rings (SSSR count). The summed E-state index contributed by atoms with van der Waals surface area (Å²) in [6.45, 7) is 0.430. The fourth-order valence-electron chi connectivity index (χ4n) is 1.80. The highest BCUT2D eigenvalue weighted by atomic mass is 32.1. The van der Waals surface area contributed by atoms with Gasteiger partial charge in [-0.15, -0.1) is 11.3 Å². The van der Waals surface area contributed by atoms with Crippen molar-refractivity contribution in [3.8, 4) is 10.6 Å². The summed E-state index contributed by atoms with van der Waals surface area (Å²) in [5, 5.41) is 2.81. The summed E-state index contributed by atoms with van der Waals surface area (Å²) in [6, 6.07) is 5.62. The average Bonchev–Trinajstić information content (AvgIpc) is 2.95. The Kier molecular flexibility index (Phi) is 2.53. The molecule has 6 heteroatoms. The molecule has 0 aliphatic rings. The second kappa shape index (κ2) is 4.08. The first-order valence-electron chi connectivity index (χ1n) is 5.43. The highest BCUT2D eigenvalue weighted by Crippen LogP contribution is 2.26. The molecule has 18 heavy (non-hydrogen) atoms. The zero-order valence-corrected chi connectivity index (χ0v) is 10.5. The standard InChI is InChI=1S/C12H11N3O2S/c1-15-9-3-2-7(4-10(9)17-12(15)16)11-14-8(5-13)6-18-11/h2-4,6H,5,13H2,1H3. The third kappa shape index (κ3) is 1.66. The number of fused-ring (bicyclic) bond motifs is 1. The Morgan fingerprint density at radius 1 is 1.50 bits per heavy atom. The molecule has 2 N–H and O–H groups in total. The van der Waals surface area contributed by atoms with E-state index in [9.17, 15) is 4.79 Å². The molecule has 0 radical (unpaired) electrons. The van der Waals surface area contributed by atoms with Crippen molar-refractivity contribution in [2.24, 2.45) is 12.8 Å². The van der Waals surface area contributed by atoms with Crippen LogP contribution in [0, 0.1) is 0 Å². The van der Waals surface area contributed by atoms with Gasteiger partial charge in [0.1, 0.15) is 5.01 Å². The van der Waals surface area contributed by atoms with Crippen molar-refractivity contribution in [3.63, 3.8) is 0 Å². The molecule has 2 aromatic heterocycles. The van der Waals surface area contributed by atoms with Crippen LogP contribution in [0.3, 0.4) is 0 Å². The first-order chi connectivity index (χ1) is 8.69. The van der Waals surface area contributed by atoms with Gasteiger partial charge in [-0.1, -0.05) is 0 Å². The Labute approximate surface area is 106 Å². The first-order valence-corrected chi connectivity index (χ1v) is 6.31. The largest absolute Gasteiger partial charge is 0.419 e. The van der Waals surface area contributed by atoms with Crippen molar-refractivity contribution >= 4 is 22.4 Å². The number of thiazole rings is 1. The van der Waals surface area contributed by atoms with Gasteiger partial charge in [0.25, 0.3) is 0 Å². The number of rotatable bonds is 2. The maximum atomic E-state index is 11.4. The van der Waals surface area contributed by atoms with Gasteiger partial charge < -0.3 is 10.2 Å². The lowest BCUT2D eigenvalue weighted by Gasteiger charge is -1.96. The van der Waals surface area contributed by atoms with Gasteiger partial charge in [0.2, 0.25) is 0 Å². The molecule has 0 atom stereocenters. The average molecular weight is 261 g/mol. The highest BCUT2D eigenvalue weighted by Gasteiger charge is 2.09. The van der Waals surface area contributed by atoms with E-state index < -0.39 is 0 Å². The number of aromatic nitrogens is 2. The maximum Gasteiger partial charge on any atom is 0.419 e. The van der Waals surface area contributed by atoms with E-state index in [2.05, 4.69) is 4.98 Å². The number of nitrogens with zero attached hydrogens (tertiary/aromatic N) is 2. The topological polar surface area (TPSA) is 74.0 Å². The van der Waals surface area contributed by atoms with Gasteiger partial charge in [-0.25, -0.2) is 9.78 Å².